The van der Waals surface area contributed by atoms with Crippen molar-refractivity contribution in [1.29, 1.82) is 0 Å². The molecule has 1 aliphatic heterocycles. The van der Waals surface area contributed by atoms with E-state index in [-0.39, 0.29) is 22.9 Å². The van der Waals surface area contributed by atoms with E-state index in [0.29, 0.717) is 5.92 Å². The SMILES string of the molecule is CCCOCC(C)CCCNC(=O)C1CC(C)(C)N([OH2+])C(C)(C)C1. The van der Waals surface area contributed by atoms with Gasteiger partial charge in [0.05, 0.1) is 11.1 Å². The highest BCUT2D eigenvalue weighted by Crippen LogP contribution is 2.39. The fourth-order valence-corrected chi connectivity index (χ4v) is 3.78. The van der Waals surface area contributed by atoms with Crippen molar-refractivity contribution in [3.63, 3.8) is 0 Å². The number of carbonyl (C=O) groups is 1. The molecule has 0 radical (unpaired) electrons. The van der Waals surface area contributed by atoms with Gasteiger partial charge < -0.3 is 15.3 Å². The second-order valence-corrected chi connectivity index (χ2v) is 8.68. The number of hydrogen-bond donors (Lipinski definition) is 1. The molecular formula is C19H39N2O3+. The van der Waals surface area contributed by atoms with Crippen LogP contribution in [-0.2, 0) is 9.53 Å². The molecule has 1 aliphatic rings. The fourth-order valence-electron chi connectivity index (χ4n) is 3.78. The Labute approximate surface area is 148 Å². The van der Waals surface area contributed by atoms with Crippen molar-refractivity contribution in [1.82, 2.24) is 10.4 Å². The third-order valence-electron chi connectivity index (χ3n) is 5.00. The molecule has 142 valence electrons. The molecule has 5 heteroatoms. The van der Waals surface area contributed by atoms with Crippen molar-refractivity contribution < 1.29 is 14.7 Å². The van der Waals surface area contributed by atoms with Gasteiger partial charge in [-0.05, 0) is 65.7 Å². The van der Waals surface area contributed by atoms with Gasteiger partial charge in [0.15, 0.2) is 0 Å². The molecule has 0 spiro atoms. The van der Waals surface area contributed by atoms with Gasteiger partial charge in [0.1, 0.15) is 0 Å². The van der Waals surface area contributed by atoms with Crippen molar-refractivity contribution in [2.75, 3.05) is 19.8 Å². The van der Waals surface area contributed by atoms with Crippen LogP contribution in [0.5, 0.6) is 0 Å². The first kappa shape index (κ1) is 21.4. The number of amides is 1. The van der Waals surface area contributed by atoms with E-state index in [9.17, 15) is 4.79 Å². The molecule has 0 saturated carbocycles. The highest BCUT2D eigenvalue weighted by molar-refractivity contribution is 5.79. The summed E-state index contributed by atoms with van der Waals surface area (Å²) in [6.45, 7) is 14.9. The Hall–Kier alpha value is -0.650. The summed E-state index contributed by atoms with van der Waals surface area (Å²) in [6.07, 6.45) is 4.62. The van der Waals surface area contributed by atoms with E-state index in [4.69, 9.17) is 9.94 Å². The Balaban J connectivity index is 2.33. The zero-order valence-electron chi connectivity index (χ0n) is 16.6. The first-order chi connectivity index (χ1) is 11.1. The van der Waals surface area contributed by atoms with Gasteiger partial charge in [-0.2, -0.15) is 0 Å². The Kier molecular flexibility index (Phi) is 8.16. The average Bonchev–Trinajstić information content (AvgIpc) is 2.48. The number of carbonyl (C=O) groups excluding carboxylic acids is 1. The molecule has 0 aliphatic carbocycles. The molecule has 0 bridgehead atoms. The average molecular weight is 344 g/mol. The number of hydroxylamine groups is 2. The standard InChI is InChI=1S/C19H38N2O3/c1-7-11-24-14-15(2)9-8-10-20-17(22)16-12-18(3,4)21(23)19(5,6)13-16/h15-16,23H,7-14H2,1-6H3,(H,20,22)/p+1. The third kappa shape index (κ3) is 6.34. The van der Waals surface area contributed by atoms with Crippen LogP contribution in [0.2, 0.25) is 0 Å². The summed E-state index contributed by atoms with van der Waals surface area (Å²) in [5, 5.41) is 13.1. The summed E-state index contributed by atoms with van der Waals surface area (Å²) >= 11 is 0. The molecule has 24 heavy (non-hydrogen) atoms. The number of hydrogen-bond acceptors (Lipinski definition) is 3. The van der Waals surface area contributed by atoms with Gasteiger partial charge in [-0.1, -0.05) is 18.9 Å². The van der Waals surface area contributed by atoms with Gasteiger partial charge in [0.25, 0.3) is 0 Å². The molecule has 1 heterocycles. The van der Waals surface area contributed by atoms with E-state index in [0.717, 1.165) is 51.9 Å². The van der Waals surface area contributed by atoms with Gasteiger partial charge in [0.2, 0.25) is 5.91 Å². The first-order valence-electron chi connectivity index (χ1n) is 9.47. The van der Waals surface area contributed by atoms with Gasteiger partial charge >= 0.3 is 0 Å². The minimum Gasteiger partial charge on any atom is -0.381 e. The number of ether oxygens (including phenoxy) is 1. The minimum atomic E-state index is -0.269. The predicted molar refractivity (Wildman–Crippen MR) is 98.9 cm³/mol. The molecular weight excluding hydrogens is 304 g/mol. The molecule has 0 aromatic heterocycles. The maximum Gasteiger partial charge on any atom is 0.223 e. The van der Waals surface area contributed by atoms with Crippen LogP contribution in [0.3, 0.4) is 0 Å². The van der Waals surface area contributed by atoms with Gasteiger partial charge in [0, 0.05) is 25.7 Å². The molecule has 1 saturated heterocycles. The smallest absolute Gasteiger partial charge is 0.223 e. The quantitative estimate of drug-likeness (QED) is 0.517. The topological polar surface area (TPSA) is 64.5 Å². The molecule has 0 aromatic carbocycles. The molecule has 3 N–H and O–H groups in total. The summed E-state index contributed by atoms with van der Waals surface area (Å²) in [7, 11) is 0. The van der Waals surface area contributed by atoms with E-state index in [1.54, 1.807) is 5.06 Å². The van der Waals surface area contributed by atoms with Crippen molar-refractivity contribution in [2.45, 2.75) is 84.7 Å². The van der Waals surface area contributed by atoms with E-state index in [2.05, 4.69) is 46.9 Å². The summed E-state index contributed by atoms with van der Waals surface area (Å²) in [6, 6.07) is 0. The van der Waals surface area contributed by atoms with Crippen LogP contribution in [-0.4, -0.2) is 47.0 Å². The van der Waals surface area contributed by atoms with Crippen molar-refractivity contribution in [3.05, 3.63) is 0 Å². The molecule has 1 rings (SSSR count). The lowest BCUT2D eigenvalue weighted by atomic mass is 9.75. The van der Waals surface area contributed by atoms with E-state index < -0.39 is 0 Å². The molecule has 1 atom stereocenters. The number of rotatable bonds is 9. The van der Waals surface area contributed by atoms with Gasteiger partial charge in [-0.15, -0.1) is 0 Å². The predicted octanol–water partition coefficient (Wildman–Crippen LogP) is 2.85. The van der Waals surface area contributed by atoms with Crippen molar-refractivity contribution in [3.8, 4) is 0 Å². The second-order valence-electron chi connectivity index (χ2n) is 8.68. The van der Waals surface area contributed by atoms with E-state index in [1.165, 1.54) is 0 Å². The maximum atomic E-state index is 12.5. The summed E-state index contributed by atoms with van der Waals surface area (Å²) < 4.78 is 5.56. The van der Waals surface area contributed by atoms with Gasteiger partial charge in [-0.3, -0.25) is 4.79 Å². The fraction of sp³-hybridized carbons (Fsp3) is 0.947. The molecule has 1 fully saturated rings. The lowest BCUT2D eigenvalue weighted by molar-refractivity contribution is -0.249. The molecule has 1 amide bonds. The zero-order chi connectivity index (χ0) is 18.4. The normalized spacial score (nSPS) is 22.3. The highest BCUT2D eigenvalue weighted by atomic mass is 16.5. The maximum absolute atomic E-state index is 12.5. The van der Waals surface area contributed by atoms with Crippen LogP contribution in [0.1, 0.15) is 73.6 Å². The van der Waals surface area contributed by atoms with Crippen LogP contribution in [0.25, 0.3) is 0 Å². The molecule has 0 aromatic rings. The largest absolute Gasteiger partial charge is 0.381 e. The van der Waals surface area contributed by atoms with E-state index >= 15 is 0 Å². The van der Waals surface area contributed by atoms with Crippen LogP contribution >= 0.6 is 0 Å². The van der Waals surface area contributed by atoms with Crippen LogP contribution < -0.4 is 5.32 Å². The number of nitrogens with one attached hydrogen (secondary N) is 1. The van der Waals surface area contributed by atoms with Crippen LogP contribution in [0.15, 0.2) is 0 Å². The van der Waals surface area contributed by atoms with E-state index in [1.807, 2.05) is 0 Å². The van der Waals surface area contributed by atoms with Gasteiger partial charge in [-0.25, -0.2) is 0 Å². The highest BCUT2D eigenvalue weighted by Gasteiger charge is 2.50. The Morgan fingerprint density at radius 3 is 2.42 bits per heavy atom. The first-order valence-corrected chi connectivity index (χ1v) is 9.47. The van der Waals surface area contributed by atoms with Crippen LogP contribution in [0.4, 0.5) is 0 Å². The summed E-state index contributed by atoms with van der Waals surface area (Å²) in [5.74, 6) is 0.693. The monoisotopic (exact) mass is 343 g/mol. The third-order valence-corrected chi connectivity index (χ3v) is 5.00. The Morgan fingerprint density at radius 1 is 1.29 bits per heavy atom. The Bertz CT molecular complexity index is 378. The lowest BCUT2D eigenvalue weighted by Gasteiger charge is -2.47. The number of piperidine rings is 1. The Morgan fingerprint density at radius 2 is 1.88 bits per heavy atom. The second kappa shape index (κ2) is 9.16. The summed E-state index contributed by atoms with van der Waals surface area (Å²) in [5.41, 5.74) is -0.538. The number of nitrogens with zero attached hydrogens (tertiary/aromatic N) is 1. The minimum absolute atomic E-state index is 0.00177. The summed E-state index contributed by atoms with van der Waals surface area (Å²) in [4.78, 5) is 12.5. The molecule has 1 unspecified atom stereocenters. The lowest BCUT2D eigenvalue weighted by Crippen LogP contribution is -2.60. The molecule has 5 nitrogen and oxygen atoms in total. The zero-order valence-corrected chi connectivity index (χ0v) is 16.6. The van der Waals surface area contributed by atoms with Crippen LogP contribution in [0, 0.1) is 11.8 Å². The van der Waals surface area contributed by atoms with Crippen molar-refractivity contribution in [2.24, 2.45) is 11.8 Å². The van der Waals surface area contributed by atoms with Crippen molar-refractivity contribution >= 4 is 5.91 Å².